The van der Waals surface area contributed by atoms with E-state index in [2.05, 4.69) is 31.0 Å². The van der Waals surface area contributed by atoms with Crippen molar-refractivity contribution in [2.75, 3.05) is 0 Å². The third kappa shape index (κ3) is 5.08. The van der Waals surface area contributed by atoms with Crippen LogP contribution in [0.4, 0.5) is 17.6 Å². The molecular formula is C28H20BrF4N5. The summed E-state index contributed by atoms with van der Waals surface area (Å²) in [5.41, 5.74) is 1.83. The van der Waals surface area contributed by atoms with E-state index in [1.807, 2.05) is 50.2 Å². The van der Waals surface area contributed by atoms with Gasteiger partial charge in [0.15, 0.2) is 5.82 Å². The van der Waals surface area contributed by atoms with Gasteiger partial charge in [-0.25, -0.2) is 14.6 Å². The minimum atomic E-state index is -4.51. The molecule has 1 aromatic carbocycles. The standard InChI is InChI=1S/C28H20BrF4N5/c1-27(2,22-9-6-10-25(36-22)38-16-19(15-34-38)28(31,32)33)23-14-18(17-7-4-3-5-8-17)13-21(35-23)20-11-12-24(29)37-26(20)30/h3-16H,1-2H3. The van der Waals surface area contributed by atoms with Crippen molar-refractivity contribution in [3.05, 3.63) is 113 Å². The van der Waals surface area contributed by atoms with Crippen molar-refractivity contribution in [1.82, 2.24) is 24.7 Å². The van der Waals surface area contributed by atoms with Crippen molar-refractivity contribution in [3.8, 4) is 28.2 Å². The molecule has 0 fully saturated rings. The van der Waals surface area contributed by atoms with Gasteiger partial charge in [0, 0.05) is 11.6 Å². The zero-order valence-corrected chi connectivity index (χ0v) is 21.8. The Bertz CT molecular complexity index is 1610. The van der Waals surface area contributed by atoms with Crippen LogP contribution >= 0.6 is 15.9 Å². The van der Waals surface area contributed by atoms with Gasteiger partial charge in [0.05, 0.1) is 34.4 Å². The predicted octanol–water partition coefficient (Wildman–Crippen LogP) is 7.64. The Morgan fingerprint density at radius 1 is 0.789 bits per heavy atom. The molecule has 0 spiro atoms. The summed E-state index contributed by atoms with van der Waals surface area (Å²) in [7, 11) is 0. The second kappa shape index (κ2) is 9.75. The number of pyridine rings is 3. The first-order chi connectivity index (χ1) is 18.0. The fourth-order valence-corrected chi connectivity index (χ4v) is 4.30. The zero-order chi connectivity index (χ0) is 27.1. The molecule has 0 saturated carbocycles. The maximum Gasteiger partial charge on any atom is 0.419 e. The average molecular weight is 582 g/mol. The first-order valence-electron chi connectivity index (χ1n) is 11.5. The molecule has 0 saturated heterocycles. The predicted molar refractivity (Wildman–Crippen MR) is 139 cm³/mol. The minimum absolute atomic E-state index is 0.230. The number of hydrogen-bond donors (Lipinski definition) is 0. The van der Waals surface area contributed by atoms with E-state index in [4.69, 9.17) is 4.98 Å². The second-order valence-electron chi connectivity index (χ2n) is 9.14. The monoisotopic (exact) mass is 581 g/mol. The van der Waals surface area contributed by atoms with E-state index in [0.717, 1.165) is 28.2 Å². The molecule has 0 aliphatic rings. The molecule has 0 aliphatic carbocycles. The minimum Gasteiger partial charge on any atom is -0.252 e. The van der Waals surface area contributed by atoms with Gasteiger partial charge in [-0.05, 0) is 77.3 Å². The van der Waals surface area contributed by atoms with Gasteiger partial charge in [0.1, 0.15) is 4.60 Å². The Labute approximate surface area is 224 Å². The summed E-state index contributed by atoms with van der Waals surface area (Å²) in [6.07, 6.45) is -2.85. The largest absolute Gasteiger partial charge is 0.419 e. The fraction of sp³-hybridized carbons (Fsp3) is 0.143. The molecule has 0 bridgehead atoms. The summed E-state index contributed by atoms with van der Waals surface area (Å²) < 4.78 is 55.6. The summed E-state index contributed by atoms with van der Waals surface area (Å²) in [6, 6.07) is 21.6. The van der Waals surface area contributed by atoms with Gasteiger partial charge in [-0.1, -0.05) is 36.4 Å². The fourth-order valence-electron chi connectivity index (χ4n) is 4.01. The van der Waals surface area contributed by atoms with E-state index >= 15 is 0 Å². The maximum absolute atomic E-state index is 14.9. The number of benzene rings is 1. The summed E-state index contributed by atoms with van der Waals surface area (Å²) in [4.78, 5) is 13.3. The van der Waals surface area contributed by atoms with Gasteiger partial charge < -0.3 is 0 Å². The molecule has 0 aliphatic heterocycles. The van der Waals surface area contributed by atoms with E-state index in [1.165, 1.54) is 0 Å². The Morgan fingerprint density at radius 2 is 1.55 bits per heavy atom. The molecule has 0 radical (unpaired) electrons. The Hall–Kier alpha value is -3.92. The van der Waals surface area contributed by atoms with Crippen LogP contribution in [0.2, 0.25) is 0 Å². The van der Waals surface area contributed by atoms with Crippen LogP contribution in [-0.2, 0) is 11.6 Å². The Balaban J connectivity index is 1.63. The van der Waals surface area contributed by atoms with E-state index < -0.39 is 23.1 Å². The molecular weight excluding hydrogens is 562 g/mol. The summed E-state index contributed by atoms with van der Waals surface area (Å²) >= 11 is 3.19. The van der Waals surface area contributed by atoms with Gasteiger partial charge in [-0.15, -0.1) is 0 Å². The van der Waals surface area contributed by atoms with Crippen LogP contribution in [0.25, 0.3) is 28.2 Å². The number of hydrogen-bond acceptors (Lipinski definition) is 4. The van der Waals surface area contributed by atoms with Crippen molar-refractivity contribution in [3.63, 3.8) is 0 Å². The van der Waals surface area contributed by atoms with Crippen molar-refractivity contribution in [2.45, 2.75) is 25.4 Å². The quantitative estimate of drug-likeness (QED) is 0.158. The van der Waals surface area contributed by atoms with Crippen LogP contribution < -0.4 is 0 Å². The Morgan fingerprint density at radius 3 is 2.24 bits per heavy atom. The summed E-state index contributed by atoms with van der Waals surface area (Å²) in [5.74, 6) is -0.436. The van der Waals surface area contributed by atoms with Crippen molar-refractivity contribution in [2.24, 2.45) is 0 Å². The third-order valence-corrected chi connectivity index (χ3v) is 6.62. The van der Waals surface area contributed by atoms with Crippen LogP contribution in [0, 0.1) is 5.95 Å². The molecule has 5 nitrogen and oxygen atoms in total. The molecule has 38 heavy (non-hydrogen) atoms. The lowest BCUT2D eigenvalue weighted by atomic mass is 9.83. The number of rotatable bonds is 5. The second-order valence-corrected chi connectivity index (χ2v) is 9.95. The molecule has 0 unspecified atom stereocenters. The highest BCUT2D eigenvalue weighted by Crippen LogP contribution is 2.35. The summed E-state index contributed by atoms with van der Waals surface area (Å²) in [6.45, 7) is 3.81. The van der Waals surface area contributed by atoms with Gasteiger partial charge in [0.25, 0.3) is 0 Å². The number of alkyl halides is 3. The number of aromatic nitrogens is 5. The van der Waals surface area contributed by atoms with Gasteiger partial charge in [-0.3, -0.25) is 4.98 Å². The number of halogens is 5. The molecule has 0 N–H and O–H groups in total. The highest BCUT2D eigenvalue weighted by Gasteiger charge is 2.33. The van der Waals surface area contributed by atoms with Crippen molar-refractivity contribution in [1.29, 1.82) is 0 Å². The first kappa shape index (κ1) is 25.7. The first-order valence-corrected chi connectivity index (χ1v) is 12.3. The molecule has 4 heterocycles. The molecule has 4 aromatic heterocycles. The molecule has 5 rings (SSSR count). The molecule has 192 valence electrons. The average Bonchev–Trinajstić information content (AvgIpc) is 3.40. The lowest BCUT2D eigenvalue weighted by Crippen LogP contribution is -2.23. The zero-order valence-electron chi connectivity index (χ0n) is 20.2. The van der Waals surface area contributed by atoms with E-state index in [9.17, 15) is 17.6 Å². The summed E-state index contributed by atoms with van der Waals surface area (Å²) in [5, 5.41) is 3.84. The lowest BCUT2D eigenvalue weighted by molar-refractivity contribution is -0.137. The molecule has 5 aromatic rings. The SMILES string of the molecule is CC(C)(c1cc(-c2ccccc2)cc(-c2ccc(Br)nc2F)n1)c1cccc(-n2cc(C(F)(F)F)cn2)n1. The van der Waals surface area contributed by atoms with Gasteiger partial charge >= 0.3 is 6.18 Å². The third-order valence-electron chi connectivity index (χ3n) is 6.18. The highest BCUT2D eigenvalue weighted by atomic mass is 79.9. The molecule has 0 amide bonds. The van der Waals surface area contributed by atoms with Crippen LogP contribution in [0.1, 0.15) is 30.8 Å². The van der Waals surface area contributed by atoms with Crippen LogP contribution in [-0.4, -0.2) is 24.7 Å². The smallest absolute Gasteiger partial charge is 0.252 e. The van der Waals surface area contributed by atoms with E-state index in [0.29, 0.717) is 21.7 Å². The maximum atomic E-state index is 14.9. The van der Waals surface area contributed by atoms with Gasteiger partial charge in [0.2, 0.25) is 5.95 Å². The van der Waals surface area contributed by atoms with Crippen molar-refractivity contribution < 1.29 is 17.6 Å². The van der Waals surface area contributed by atoms with Crippen LogP contribution in [0.15, 0.2) is 89.8 Å². The van der Waals surface area contributed by atoms with Crippen molar-refractivity contribution >= 4 is 15.9 Å². The normalized spacial score (nSPS) is 12.1. The van der Waals surface area contributed by atoms with Crippen LogP contribution in [0.5, 0.6) is 0 Å². The lowest BCUT2D eigenvalue weighted by Gasteiger charge is -2.25. The number of nitrogens with zero attached hydrogens (tertiary/aromatic N) is 5. The van der Waals surface area contributed by atoms with E-state index in [1.54, 1.807) is 36.4 Å². The Kier molecular flexibility index (Phi) is 6.60. The van der Waals surface area contributed by atoms with E-state index in [-0.39, 0.29) is 11.4 Å². The topological polar surface area (TPSA) is 56.5 Å². The van der Waals surface area contributed by atoms with Gasteiger partial charge in [-0.2, -0.15) is 22.7 Å². The molecule has 0 atom stereocenters. The highest BCUT2D eigenvalue weighted by molar-refractivity contribution is 9.10. The molecule has 10 heteroatoms. The van der Waals surface area contributed by atoms with Crippen LogP contribution in [0.3, 0.4) is 0 Å².